The monoisotopic (exact) mass is 366 g/mol. The number of halogens is 1. The first-order chi connectivity index (χ1) is 13.1. The van der Waals surface area contributed by atoms with E-state index in [-0.39, 0.29) is 11.7 Å². The molecule has 4 nitrogen and oxygen atoms in total. The Morgan fingerprint density at radius 3 is 2.56 bits per heavy atom. The molecule has 27 heavy (non-hydrogen) atoms. The summed E-state index contributed by atoms with van der Waals surface area (Å²) in [7, 11) is 1.63. The quantitative estimate of drug-likeness (QED) is 0.658. The molecule has 0 saturated heterocycles. The SMILES string of the molecule is CNC(=O)CN(CCc1cccc(-c2cccc(F)c2)c1)Cc1ccco1. The lowest BCUT2D eigenvalue weighted by Crippen LogP contribution is -2.36. The lowest BCUT2D eigenvalue weighted by atomic mass is 10.0. The van der Waals surface area contributed by atoms with Gasteiger partial charge in [-0.1, -0.05) is 36.4 Å². The van der Waals surface area contributed by atoms with Crippen LogP contribution < -0.4 is 5.32 Å². The molecule has 2 aromatic carbocycles. The number of carbonyl (C=O) groups is 1. The van der Waals surface area contributed by atoms with Crippen LogP contribution in [0.15, 0.2) is 71.3 Å². The Morgan fingerprint density at radius 1 is 1.07 bits per heavy atom. The van der Waals surface area contributed by atoms with Crippen LogP contribution in [0.4, 0.5) is 4.39 Å². The Hall–Kier alpha value is -2.92. The number of furan rings is 1. The third kappa shape index (κ3) is 5.53. The predicted molar refractivity (Wildman–Crippen MR) is 104 cm³/mol. The molecule has 1 aromatic heterocycles. The van der Waals surface area contributed by atoms with Gasteiger partial charge in [0.25, 0.3) is 0 Å². The summed E-state index contributed by atoms with van der Waals surface area (Å²) in [5, 5.41) is 2.66. The molecule has 0 aliphatic rings. The number of hydrogen-bond acceptors (Lipinski definition) is 3. The zero-order valence-electron chi connectivity index (χ0n) is 15.3. The molecule has 0 saturated carbocycles. The van der Waals surface area contributed by atoms with Crippen molar-refractivity contribution >= 4 is 5.91 Å². The minimum atomic E-state index is -0.242. The van der Waals surface area contributed by atoms with Gasteiger partial charge in [0, 0.05) is 13.6 Å². The van der Waals surface area contributed by atoms with Crippen molar-refractivity contribution in [1.82, 2.24) is 10.2 Å². The maximum atomic E-state index is 13.5. The summed E-state index contributed by atoms with van der Waals surface area (Å²) in [5.74, 6) is 0.551. The molecule has 1 heterocycles. The fourth-order valence-corrected chi connectivity index (χ4v) is 2.98. The zero-order chi connectivity index (χ0) is 19.1. The van der Waals surface area contributed by atoms with Crippen molar-refractivity contribution < 1.29 is 13.6 Å². The second-order valence-electron chi connectivity index (χ2n) is 6.42. The number of benzene rings is 2. The third-order valence-electron chi connectivity index (χ3n) is 4.41. The number of carbonyl (C=O) groups excluding carboxylic acids is 1. The van der Waals surface area contributed by atoms with Crippen molar-refractivity contribution in [3.8, 4) is 11.1 Å². The predicted octanol–water partition coefficient (Wildman–Crippen LogP) is 3.88. The molecule has 0 unspecified atom stereocenters. The van der Waals surface area contributed by atoms with Gasteiger partial charge in [-0.25, -0.2) is 4.39 Å². The maximum Gasteiger partial charge on any atom is 0.233 e. The zero-order valence-corrected chi connectivity index (χ0v) is 15.3. The van der Waals surface area contributed by atoms with E-state index in [1.165, 1.54) is 12.1 Å². The van der Waals surface area contributed by atoms with Crippen LogP contribution in [0.1, 0.15) is 11.3 Å². The number of nitrogens with zero attached hydrogens (tertiary/aromatic N) is 1. The van der Waals surface area contributed by atoms with E-state index in [1.54, 1.807) is 19.4 Å². The summed E-state index contributed by atoms with van der Waals surface area (Å²) < 4.78 is 18.9. The molecule has 0 fully saturated rings. The van der Waals surface area contributed by atoms with Gasteiger partial charge in [-0.15, -0.1) is 0 Å². The molecular formula is C22H23FN2O2. The van der Waals surface area contributed by atoms with Gasteiger partial charge in [0.05, 0.1) is 19.4 Å². The van der Waals surface area contributed by atoms with E-state index >= 15 is 0 Å². The van der Waals surface area contributed by atoms with Crippen LogP contribution in [-0.4, -0.2) is 30.9 Å². The summed E-state index contributed by atoms with van der Waals surface area (Å²) in [6, 6.07) is 18.4. The van der Waals surface area contributed by atoms with Crippen molar-refractivity contribution in [3.63, 3.8) is 0 Å². The van der Waals surface area contributed by atoms with Crippen molar-refractivity contribution in [3.05, 3.63) is 84.1 Å². The van der Waals surface area contributed by atoms with Gasteiger partial charge in [-0.3, -0.25) is 9.69 Å². The molecule has 5 heteroatoms. The molecule has 3 aromatic rings. The summed E-state index contributed by atoms with van der Waals surface area (Å²) in [6.45, 7) is 1.59. The summed E-state index contributed by atoms with van der Waals surface area (Å²) in [4.78, 5) is 13.9. The average Bonchev–Trinajstić information content (AvgIpc) is 3.19. The molecule has 1 amide bonds. The van der Waals surface area contributed by atoms with Gasteiger partial charge in [-0.05, 0) is 47.4 Å². The third-order valence-corrected chi connectivity index (χ3v) is 4.41. The Bertz CT molecular complexity index is 878. The Kier molecular flexibility index (Phi) is 6.39. The molecule has 0 radical (unpaired) electrons. The first-order valence-corrected chi connectivity index (χ1v) is 8.94. The van der Waals surface area contributed by atoms with E-state index in [1.807, 2.05) is 41.3 Å². The Balaban J connectivity index is 1.69. The molecule has 0 spiro atoms. The van der Waals surface area contributed by atoms with Crippen LogP contribution in [0.3, 0.4) is 0 Å². The van der Waals surface area contributed by atoms with Crippen LogP contribution in [0.2, 0.25) is 0 Å². The number of likely N-dealkylation sites (N-methyl/N-ethyl adjacent to an activating group) is 1. The van der Waals surface area contributed by atoms with Crippen LogP contribution >= 0.6 is 0 Å². The normalized spacial score (nSPS) is 10.9. The number of hydrogen-bond donors (Lipinski definition) is 1. The van der Waals surface area contributed by atoms with Gasteiger partial charge in [0.15, 0.2) is 0 Å². The number of amides is 1. The van der Waals surface area contributed by atoms with E-state index in [4.69, 9.17) is 4.42 Å². The highest BCUT2D eigenvalue weighted by atomic mass is 19.1. The summed E-state index contributed by atoms with van der Waals surface area (Å²) in [5.41, 5.74) is 2.98. The topological polar surface area (TPSA) is 45.5 Å². The van der Waals surface area contributed by atoms with Crippen molar-refractivity contribution in [2.75, 3.05) is 20.1 Å². The van der Waals surface area contributed by atoms with Crippen LogP contribution in [0.25, 0.3) is 11.1 Å². The first-order valence-electron chi connectivity index (χ1n) is 8.94. The van der Waals surface area contributed by atoms with E-state index < -0.39 is 0 Å². The van der Waals surface area contributed by atoms with Gasteiger partial charge < -0.3 is 9.73 Å². The van der Waals surface area contributed by atoms with Crippen LogP contribution in [0, 0.1) is 5.82 Å². The standard InChI is InChI=1S/C22H23FN2O2/c1-24-22(26)16-25(15-21-9-4-12-27-21)11-10-17-5-2-6-18(13-17)19-7-3-8-20(23)14-19/h2-9,12-14H,10-11,15-16H2,1H3,(H,24,26). The molecule has 0 atom stereocenters. The maximum absolute atomic E-state index is 13.5. The minimum absolute atomic E-state index is 0.0323. The van der Waals surface area contributed by atoms with E-state index in [0.717, 1.165) is 28.9 Å². The lowest BCUT2D eigenvalue weighted by Gasteiger charge is -2.20. The lowest BCUT2D eigenvalue weighted by molar-refractivity contribution is -0.121. The Morgan fingerprint density at radius 2 is 1.85 bits per heavy atom. The van der Waals surface area contributed by atoms with E-state index in [9.17, 15) is 9.18 Å². The summed E-state index contributed by atoms with van der Waals surface area (Å²) >= 11 is 0. The fourth-order valence-electron chi connectivity index (χ4n) is 2.98. The minimum Gasteiger partial charge on any atom is -0.468 e. The Labute approximate surface area is 158 Å². The molecule has 0 aliphatic carbocycles. The number of nitrogens with one attached hydrogen (secondary N) is 1. The van der Waals surface area contributed by atoms with Crippen molar-refractivity contribution in [2.45, 2.75) is 13.0 Å². The second-order valence-corrected chi connectivity index (χ2v) is 6.42. The molecule has 0 bridgehead atoms. The van der Waals surface area contributed by atoms with Gasteiger partial charge in [0.2, 0.25) is 5.91 Å². The van der Waals surface area contributed by atoms with E-state index in [0.29, 0.717) is 19.6 Å². The smallest absolute Gasteiger partial charge is 0.233 e. The second kappa shape index (κ2) is 9.14. The van der Waals surface area contributed by atoms with Crippen molar-refractivity contribution in [1.29, 1.82) is 0 Å². The molecular weight excluding hydrogens is 343 g/mol. The molecule has 3 rings (SSSR count). The first kappa shape index (κ1) is 18.9. The number of rotatable bonds is 8. The fraction of sp³-hybridized carbons (Fsp3) is 0.227. The highest BCUT2D eigenvalue weighted by Crippen LogP contribution is 2.21. The largest absolute Gasteiger partial charge is 0.468 e. The highest BCUT2D eigenvalue weighted by Gasteiger charge is 2.12. The van der Waals surface area contributed by atoms with Gasteiger partial charge >= 0.3 is 0 Å². The molecule has 1 N–H and O–H groups in total. The van der Waals surface area contributed by atoms with Crippen molar-refractivity contribution in [2.24, 2.45) is 0 Å². The van der Waals surface area contributed by atoms with Crippen LogP contribution in [0.5, 0.6) is 0 Å². The highest BCUT2D eigenvalue weighted by molar-refractivity contribution is 5.77. The van der Waals surface area contributed by atoms with Gasteiger partial charge in [0.1, 0.15) is 11.6 Å². The van der Waals surface area contributed by atoms with Crippen LogP contribution in [-0.2, 0) is 17.8 Å². The molecule has 140 valence electrons. The van der Waals surface area contributed by atoms with E-state index in [2.05, 4.69) is 11.4 Å². The van der Waals surface area contributed by atoms with Gasteiger partial charge in [-0.2, -0.15) is 0 Å². The summed E-state index contributed by atoms with van der Waals surface area (Å²) in [6.07, 6.45) is 2.41. The molecule has 0 aliphatic heterocycles. The average molecular weight is 366 g/mol.